The van der Waals surface area contributed by atoms with Crippen molar-refractivity contribution in [3.8, 4) is 0 Å². The Hall–Kier alpha value is -0.710. The number of amidine groups is 1. The minimum Gasteiger partial charge on any atom is -0.375 e. The van der Waals surface area contributed by atoms with E-state index in [9.17, 15) is 8.78 Å². The van der Waals surface area contributed by atoms with Crippen molar-refractivity contribution in [1.29, 1.82) is 5.41 Å². The van der Waals surface area contributed by atoms with Gasteiger partial charge in [-0.25, -0.2) is 8.78 Å². The molecule has 0 spiro atoms. The number of hydrogen-bond acceptors (Lipinski definition) is 2. The Morgan fingerprint density at radius 1 is 1.50 bits per heavy atom. The average molecular weight is 180 g/mol. The number of nitrogens with one attached hydrogen (secondary N) is 1. The molecule has 3 nitrogen and oxygen atoms in total. The van der Waals surface area contributed by atoms with Crippen molar-refractivity contribution in [3.05, 3.63) is 0 Å². The minimum absolute atomic E-state index is 0.182. The van der Waals surface area contributed by atoms with E-state index < -0.39 is 13.0 Å². The van der Waals surface area contributed by atoms with Crippen molar-refractivity contribution >= 4 is 5.84 Å². The fourth-order valence-corrected chi connectivity index (χ4v) is 0.565. The van der Waals surface area contributed by atoms with Crippen molar-refractivity contribution in [2.45, 2.75) is 12.8 Å². The van der Waals surface area contributed by atoms with E-state index in [1.165, 1.54) is 0 Å². The number of ether oxygens (including phenoxy) is 1. The molecule has 0 aromatic rings. The summed E-state index contributed by atoms with van der Waals surface area (Å²) in [4.78, 5) is 1.62. The molecule has 5 heteroatoms. The lowest BCUT2D eigenvalue weighted by molar-refractivity contribution is 0.0197. The molecule has 0 rings (SSSR count). The lowest BCUT2D eigenvalue weighted by Gasteiger charge is -2.13. The zero-order valence-electron chi connectivity index (χ0n) is 7.31. The van der Waals surface area contributed by atoms with Crippen LogP contribution in [0.3, 0.4) is 0 Å². The third kappa shape index (κ3) is 6.03. The van der Waals surface area contributed by atoms with Crippen LogP contribution in [0.5, 0.6) is 0 Å². The van der Waals surface area contributed by atoms with Gasteiger partial charge in [0.2, 0.25) is 0 Å². The molecule has 0 aliphatic heterocycles. The fraction of sp³-hybridized carbons (Fsp3) is 0.857. The maximum absolute atomic E-state index is 11.5. The van der Waals surface area contributed by atoms with Crippen LogP contribution in [0.1, 0.15) is 6.42 Å². The van der Waals surface area contributed by atoms with Gasteiger partial charge < -0.3 is 9.64 Å². The number of hydrogen-bond donors (Lipinski definition) is 1. The van der Waals surface area contributed by atoms with Gasteiger partial charge in [0.05, 0.1) is 12.4 Å². The Labute approximate surface area is 70.8 Å². The van der Waals surface area contributed by atoms with Crippen LogP contribution in [0.2, 0.25) is 0 Å². The Balaban J connectivity index is 3.26. The maximum Gasteiger partial charge on any atom is 0.261 e. The second-order valence-electron chi connectivity index (χ2n) is 2.56. The average Bonchev–Trinajstić information content (AvgIpc) is 1.97. The van der Waals surface area contributed by atoms with E-state index in [4.69, 9.17) is 5.41 Å². The lowest BCUT2D eigenvalue weighted by Crippen LogP contribution is -2.22. The van der Waals surface area contributed by atoms with Gasteiger partial charge in [0.25, 0.3) is 6.43 Å². The smallest absolute Gasteiger partial charge is 0.261 e. The van der Waals surface area contributed by atoms with Crippen LogP contribution in [0, 0.1) is 5.41 Å². The summed E-state index contributed by atoms with van der Waals surface area (Å²) in [7, 11) is 3.46. The lowest BCUT2D eigenvalue weighted by atomic mass is 10.4. The van der Waals surface area contributed by atoms with Gasteiger partial charge in [-0.2, -0.15) is 0 Å². The predicted molar refractivity (Wildman–Crippen MR) is 42.9 cm³/mol. The maximum atomic E-state index is 11.5. The van der Waals surface area contributed by atoms with Crippen LogP contribution in [0.4, 0.5) is 8.78 Å². The Kier molecular flexibility index (Phi) is 5.53. The van der Waals surface area contributed by atoms with Crippen molar-refractivity contribution in [1.82, 2.24) is 4.90 Å². The quantitative estimate of drug-likeness (QED) is 0.392. The molecule has 0 unspecified atom stereocenters. The van der Waals surface area contributed by atoms with Gasteiger partial charge in [0, 0.05) is 20.5 Å². The summed E-state index contributed by atoms with van der Waals surface area (Å²) >= 11 is 0. The SMILES string of the molecule is CN(C)C(=N)CCOCC(F)F. The topological polar surface area (TPSA) is 36.3 Å². The molecule has 72 valence electrons. The largest absolute Gasteiger partial charge is 0.375 e. The summed E-state index contributed by atoms with van der Waals surface area (Å²) in [6.45, 7) is -0.359. The third-order valence-electron chi connectivity index (χ3n) is 1.27. The zero-order valence-corrected chi connectivity index (χ0v) is 7.31. The van der Waals surface area contributed by atoms with Gasteiger partial charge in [-0.05, 0) is 0 Å². The number of halogens is 2. The molecule has 0 heterocycles. The molecule has 0 saturated heterocycles. The minimum atomic E-state index is -2.42. The molecule has 0 aromatic carbocycles. The molecule has 0 atom stereocenters. The molecular weight excluding hydrogens is 166 g/mol. The molecular formula is C7H14F2N2O. The van der Waals surface area contributed by atoms with Crippen molar-refractivity contribution in [2.24, 2.45) is 0 Å². The Bertz CT molecular complexity index is 139. The van der Waals surface area contributed by atoms with Gasteiger partial charge in [-0.3, -0.25) is 5.41 Å². The predicted octanol–water partition coefficient (Wildman–Crippen LogP) is 1.20. The first kappa shape index (κ1) is 11.3. The van der Waals surface area contributed by atoms with Crippen molar-refractivity contribution in [3.63, 3.8) is 0 Å². The van der Waals surface area contributed by atoms with Crippen LogP contribution in [-0.4, -0.2) is 44.5 Å². The zero-order chi connectivity index (χ0) is 9.56. The second-order valence-corrected chi connectivity index (χ2v) is 2.56. The van der Waals surface area contributed by atoms with Gasteiger partial charge in [-0.15, -0.1) is 0 Å². The van der Waals surface area contributed by atoms with E-state index in [2.05, 4.69) is 4.74 Å². The number of nitrogens with zero attached hydrogens (tertiary/aromatic N) is 1. The van der Waals surface area contributed by atoms with E-state index in [0.717, 1.165) is 0 Å². The highest BCUT2D eigenvalue weighted by Crippen LogP contribution is 1.94. The molecule has 0 fully saturated rings. The molecule has 0 amide bonds. The first-order chi connectivity index (χ1) is 5.54. The third-order valence-corrected chi connectivity index (χ3v) is 1.27. The highest BCUT2D eigenvalue weighted by Gasteiger charge is 2.03. The van der Waals surface area contributed by atoms with E-state index in [1.54, 1.807) is 19.0 Å². The highest BCUT2D eigenvalue weighted by atomic mass is 19.3. The summed E-state index contributed by atoms with van der Waals surface area (Å²) in [5.41, 5.74) is 0. The molecule has 1 N–H and O–H groups in total. The van der Waals surface area contributed by atoms with E-state index in [-0.39, 0.29) is 6.61 Å². The molecule has 0 aliphatic carbocycles. The fourth-order valence-electron chi connectivity index (χ4n) is 0.565. The van der Waals surface area contributed by atoms with E-state index >= 15 is 0 Å². The first-order valence-electron chi connectivity index (χ1n) is 3.64. The molecule has 0 aliphatic rings. The monoisotopic (exact) mass is 180 g/mol. The summed E-state index contributed by atoms with van der Waals surface area (Å²) in [5.74, 6) is 0.379. The molecule has 0 bridgehead atoms. The summed E-state index contributed by atoms with van der Waals surface area (Å²) in [6, 6.07) is 0. The van der Waals surface area contributed by atoms with E-state index in [0.29, 0.717) is 12.3 Å². The number of alkyl halides is 2. The second kappa shape index (κ2) is 5.88. The van der Waals surface area contributed by atoms with Crippen molar-refractivity contribution < 1.29 is 13.5 Å². The van der Waals surface area contributed by atoms with Crippen LogP contribution < -0.4 is 0 Å². The Morgan fingerprint density at radius 2 is 2.08 bits per heavy atom. The van der Waals surface area contributed by atoms with Gasteiger partial charge in [0.15, 0.2) is 0 Å². The number of rotatable bonds is 5. The summed E-state index contributed by atoms with van der Waals surface area (Å²) in [5, 5.41) is 7.29. The summed E-state index contributed by atoms with van der Waals surface area (Å²) < 4.78 is 27.7. The van der Waals surface area contributed by atoms with Crippen LogP contribution >= 0.6 is 0 Å². The summed E-state index contributed by atoms with van der Waals surface area (Å²) in [6.07, 6.45) is -2.04. The molecule has 0 radical (unpaired) electrons. The van der Waals surface area contributed by atoms with Crippen molar-refractivity contribution in [2.75, 3.05) is 27.3 Å². The standard InChI is InChI=1S/C7H14F2N2O/c1-11(2)7(10)3-4-12-5-6(8)9/h6,10H,3-5H2,1-2H3. The molecule has 0 aromatic heterocycles. The first-order valence-corrected chi connectivity index (χ1v) is 3.64. The highest BCUT2D eigenvalue weighted by molar-refractivity contribution is 5.78. The van der Waals surface area contributed by atoms with Crippen LogP contribution in [0.15, 0.2) is 0 Å². The van der Waals surface area contributed by atoms with E-state index in [1.807, 2.05) is 0 Å². The molecule has 0 saturated carbocycles. The molecule has 12 heavy (non-hydrogen) atoms. The van der Waals surface area contributed by atoms with Gasteiger partial charge in [0.1, 0.15) is 6.61 Å². The Morgan fingerprint density at radius 3 is 2.50 bits per heavy atom. The van der Waals surface area contributed by atoms with Crippen LogP contribution in [0.25, 0.3) is 0 Å². The van der Waals surface area contributed by atoms with Crippen LogP contribution in [-0.2, 0) is 4.74 Å². The van der Waals surface area contributed by atoms with Gasteiger partial charge in [-0.1, -0.05) is 0 Å². The van der Waals surface area contributed by atoms with Gasteiger partial charge >= 0.3 is 0 Å². The normalized spacial score (nSPS) is 10.4.